The smallest absolute Gasteiger partial charge is 0.161 e. The molecule has 0 bridgehead atoms. The Bertz CT molecular complexity index is 808. The van der Waals surface area contributed by atoms with Crippen LogP contribution in [0, 0.1) is 34.5 Å². The highest BCUT2D eigenvalue weighted by atomic mass is 16.1. The van der Waals surface area contributed by atoms with Crippen molar-refractivity contribution in [3.8, 4) is 0 Å². The topological polar surface area (TPSA) is 20.3 Å². The number of ketones is 1. The van der Waals surface area contributed by atoms with Gasteiger partial charge in [0.05, 0.1) is 0 Å². The summed E-state index contributed by atoms with van der Waals surface area (Å²) in [6.07, 6.45) is 16.2. The van der Waals surface area contributed by atoms with Crippen LogP contribution in [0.1, 0.15) is 63.9 Å². The summed E-state index contributed by atoms with van der Waals surface area (Å²) >= 11 is 0. The van der Waals surface area contributed by atoms with Gasteiger partial charge in [0.1, 0.15) is 0 Å². The molecule has 1 aromatic carbocycles. The number of anilines is 1. The Labute approximate surface area is 176 Å². The quantitative estimate of drug-likeness (QED) is 0.625. The second kappa shape index (κ2) is 7.00. The van der Waals surface area contributed by atoms with Gasteiger partial charge in [-0.25, -0.2) is 0 Å². The molecular formula is C27H37NO. The molecule has 0 amide bonds. The van der Waals surface area contributed by atoms with E-state index in [2.05, 4.69) is 56.3 Å². The summed E-state index contributed by atoms with van der Waals surface area (Å²) in [5.41, 5.74) is 3.17. The molecule has 0 radical (unpaired) electrons. The summed E-state index contributed by atoms with van der Waals surface area (Å²) in [7, 11) is 4.23. The van der Waals surface area contributed by atoms with Crippen molar-refractivity contribution in [1.29, 1.82) is 0 Å². The molecule has 29 heavy (non-hydrogen) atoms. The average molecular weight is 392 g/mol. The van der Waals surface area contributed by atoms with Crippen LogP contribution in [0.15, 0.2) is 36.4 Å². The normalized spacial score (nSPS) is 40.9. The largest absolute Gasteiger partial charge is 0.378 e. The SMILES string of the molecule is CN(C)c1ccc(C[C@]23CCCCC2CC[C@@H]2[C@H]3CC[C@]3(C)C(=O)C=C[C@@H]23)cc1. The maximum atomic E-state index is 12.7. The summed E-state index contributed by atoms with van der Waals surface area (Å²) in [6, 6.07) is 9.34. The summed E-state index contributed by atoms with van der Waals surface area (Å²) in [6.45, 7) is 2.26. The standard InChI is InChI=1S/C27H37NO/c1-26-17-15-24-22(23(26)13-14-25(26)29)12-9-20-6-4-5-16-27(20,24)18-19-7-10-21(11-8-19)28(2)3/h7-8,10-11,13-14,20,22-24H,4-6,9,12,15-18H2,1-3H3/t20?,22-,23-,24+,26-,27+/m0/s1. The molecule has 0 saturated heterocycles. The van der Waals surface area contributed by atoms with Gasteiger partial charge in [0, 0.05) is 25.2 Å². The average Bonchev–Trinajstić information content (AvgIpc) is 3.03. The number of benzene rings is 1. The first-order valence-electron chi connectivity index (χ1n) is 11.9. The van der Waals surface area contributed by atoms with Gasteiger partial charge < -0.3 is 4.90 Å². The molecule has 5 rings (SSSR count). The molecule has 0 heterocycles. The molecule has 2 nitrogen and oxygen atoms in total. The second-order valence-corrected chi connectivity index (χ2v) is 11.0. The van der Waals surface area contributed by atoms with Crippen LogP contribution in [-0.2, 0) is 11.2 Å². The predicted molar refractivity (Wildman–Crippen MR) is 120 cm³/mol. The summed E-state index contributed by atoms with van der Waals surface area (Å²) in [4.78, 5) is 14.8. The fourth-order valence-electron chi connectivity index (χ4n) is 7.98. The Kier molecular flexibility index (Phi) is 4.68. The fourth-order valence-corrected chi connectivity index (χ4v) is 7.98. The minimum absolute atomic E-state index is 0.1000. The highest BCUT2D eigenvalue weighted by Crippen LogP contribution is 2.65. The van der Waals surface area contributed by atoms with Crippen LogP contribution >= 0.6 is 0 Å². The van der Waals surface area contributed by atoms with Crippen molar-refractivity contribution in [2.24, 2.45) is 34.5 Å². The zero-order valence-corrected chi connectivity index (χ0v) is 18.5. The van der Waals surface area contributed by atoms with Crippen molar-refractivity contribution in [3.63, 3.8) is 0 Å². The van der Waals surface area contributed by atoms with E-state index in [-0.39, 0.29) is 5.41 Å². The molecule has 3 saturated carbocycles. The van der Waals surface area contributed by atoms with Gasteiger partial charge in [-0.1, -0.05) is 38.0 Å². The Balaban J connectivity index is 1.48. The summed E-state index contributed by atoms with van der Waals surface area (Å²) in [5.74, 6) is 3.29. The highest BCUT2D eigenvalue weighted by molar-refractivity contribution is 5.97. The first kappa shape index (κ1) is 19.4. The molecule has 0 aliphatic heterocycles. The van der Waals surface area contributed by atoms with Crippen LogP contribution in [0.25, 0.3) is 0 Å². The predicted octanol–water partition coefficient (Wildman–Crippen LogP) is 6.05. The van der Waals surface area contributed by atoms with Crippen molar-refractivity contribution in [3.05, 3.63) is 42.0 Å². The van der Waals surface area contributed by atoms with E-state index in [4.69, 9.17) is 0 Å². The number of hydrogen-bond donors (Lipinski definition) is 0. The van der Waals surface area contributed by atoms with Crippen molar-refractivity contribution in [2.75, 3.05) is 19.0 Å². The first-order chi connectivity index (χ1) is 13.9. The minimum Gasteiger partial charge on any atom is -0.378 e. The number of allylic oxidation sites excluding steroid dienone is 2. The van der Waals surface area contributed by atoms with Crippen LogP contribution < -0.4 is 4.90 Å². The molecule has 3 fully saturated rings. The number of carbonyl (C=O) groups is 1. The van der Waals surface area contributed by atoms with Gasteiger partial charge in [0.2, 0.25) is 0 Å². The van der Waals surface area contributed by atoms with Crippen LogP contribution in [-0.4, -0.2) is 19.9 Å². The molecule has 0 N–H and O–H groups in total. The third kappa shape index (κ3) is 2.93. The van der Waals surface area contributed by atoms with Gasteiger partial charge in [-0.15, -0.1) is 0 Å². The summed E-state index contributed by atoms with van der Waals surface area (Å²) < 4.78 is 0. The molecule has 1 aromatic rings. The monoisotopic (exact) mass is 391 g/mol. The molecule has 2 heteroatoms. The van der Waals surface area contributed by atoms with Crippen LogP contribution in [0.5, 0.6) is 0 Å². The number of rotatable bonds is 3. The number of hydrogen-bond acceptors (Lipinski definition) is 2. The molecule has 6 atom stereocenters. The van der Waals surface area contributed by atoms with E-state index in [0.717, 1.165) is 18.3 Å². The Morgan fingerprint density at radius 1 is 1.00 bits per heavy atom. The molecular weight excluding hydrogens is 354 g/mol. The van der Waals surface area contributed by atoms with E-state index in [9.17, 15) is 4.79 Å². The lowest BCUT2D eigenvalue weighted by Gasteiger charge is -2.60. The van der Waals surface area contributed by atoms with Crippen molar-refractivity contribution < 1.29 is 4.79 Å². The van der Waals surface area contributed by atoms with Crippen molar-refractivity contribution in [1.82, 2.24) is 0 Å². The van der Waals surface area contributed by atoms with E-state index in [1.165, 1.54) is 62.6 Å². The van der Waals surface area contributed by atoms with Crippen LogP contribution in [0.4, 0.5) is 5.69 Å². The number of fused-ring (bicyclic) bond motifs is 5. The van der Waals surface area contributed by atoms with Gasteiger partial charge in [-0.2, -0.15) is 0 Å². The lowest BCUT2D eigenvalue weighted by molar-refractivity contribution is -0.138. The third-order valence-electron chi connectivity index (χ3n) is 9.54. The molecule has 156 valence electrons. The molecule has 0 aromatic heterocycles. The molecule has 1 unspecified atom stereocenters. The molecule has 0 spiro atoms. The highest BCUT2D eigenvalue weighted by Gasteiger charge is 2.59. The maximum absolute atomic E-state index is 12.7. The zero-order valence-electron chi connectivity index (χ0n) is 18.5. The Hall–Kier alpha value is -1.57. The zero-order chi connectivity index (χ0) is 20.2. The van der Waals surface area contributed by atoms with Gasteiger partial charge in [0.15, 0.2) is 5.78 Å². The molecule has 4 aliphatic carbocycles. The van der Waals surface area contributed by atoms with Gasteiger partial charge in [0.25, 0.3) is 0 Å². The van der Waals surface area contributed by atoms with E-state index >= 15 is 0 Å². The van der Waals surface area contributed by atoms with E-state index in [1.807, 2.05) is 6.08 Å². The minimum atomic E-state index is -0.1000. The number of nitrogens with zero attached hydrogens (tertiary/aromatic N) is 1. The second-order valence-electron chi connectivity index (χ2n) is 11.0. The maximum Gasteiger partial charge on any atom is 0.161 e. The van der Waals surface area contributed by atoms with Gasteiger partial charge >= 0.3 is 0 Å². The van der Waals surface area contributed by atoms with Crippen molar-refractivity contribution in [2.45, 2.75) is 64.7 Å². The van der Waals surface area contributed by atoms with Crippen LogP contribution in [0.3, 0.4) is 0 Å². The number of carbonyl (C=O) groups excluding carboxylic acids is 1. The Morgan fingerprint density at radius 3 is 2.55 bits per heavy atom. The molecule has 4 aliphatic rings. The Morgan fingerprint density at radius 2 is 1.79 bits per heavy atom. The van der Waals surface area contributed by atoms with Gasteiger partial charge in [-0.05, 0) is 97.8 Å². The summed E-state index contributed by atoms with van der Waals surface area (Å²) in [5, 5.41) is 0. The first-order valence-corrected chi connectivity index (χ1v) is 11.9. The van der Waals surface area contributed by atoms with Crippen LogP contribution in [0.2, 0.25) is 0 Å². The lowest BCUT2D eigenvalue weighted by Crippen LogP contribution is -2.55. The third-order valence-corrected chi connectivity index (χ3v) is 9.54. The van der Waals surface area contributed by atoms with E-state index < -0.39 is 0 Å². The lowest BCUT2D eigenvalue weighted by atomic mass is 9.43. The van der Waals surface area contributed by atoms with Crippen molar-refractivity contribution >= 4 is 11.5 Å². The van der Waals surface area contributed by atoms with E-state index in [1.54, 1.807) is 0 Å². The fraction of sp³-hybridized carbons (Fsp3) is 0.667. The van der Waals surface area contributed by atoms with Gasteiger partial charge in [-0.3, -0.25) is 4.79 Å². The van der Waals surface area contributed by atoms with E-state index in [0.29, 0.717) is 23.0 Å².